The minimum absolute atomic E-state index is 0.263. The maximum Gasteiger partial charge on any atom is 0.347 e. The molecule has 35 heavy (non-hydrogen) atoms. The second-order valence-corrected chi connectivity index (χ2v) is 8.05. The fourth-order valence-electron chi connectivity index (χ4n) is 4.16. The van der Waals surface area contributed by atoms with Gasteiger partial charge >= 0.3 is 11.4 Å². The standard InChI is InChI=1S/C26H25N7O2/c34-25-29-27-23(32(25)21-12-6-2-7-13-21)16-18-31(20-10-4-1-5-11-20)19-17-24-28-30-26(35)33(24)22-14-8-3-9-15-22/h1-15H,16-19H2,(H,29,34)(H,30,35). The molecule has 9 heteroatoms. The molecule has 2 N–H and O–H groups in total. The zero-order valence-corrected chi connectivity index (χ0v) is 19.0. The molecule has 0 fully saturated rings. The predicted octanol–water partition coefficient (Wildman–Crippen LogP) is 2.73. The summed E-state index contributed by atoms with van der Waals surface area (Å²) in [4.78, 5) is 27.1. The number of para-hydroxylation sites is 3. The van der Waals surface area contributed by atoms with E-state index < -0.39 is 0 Å². The highest BCUT2D eigenvalue weighted by Crippen LogP contribution is 2.16. The van der Waals surface area contributed by atoms with Crippen LogP contribution in [0.1, 0.15) is 11.6 Å². The highest BCUT2D eigenvalue weighted by Gasteiger charge is 2.16. The molecule has 0 spiro atoms. The van der Waals surface area contributed by atoms with Crippen LogP contribution in [0.2, 0.25) is 0 Å². The van der Waals surface area contributed by atoms with Gasteiger partial charge in [-0.1, -0.05) is 54.6 Å². The molecule has 0 amide bonds. The monoisotopic (exact) mass is 467 g/mol. The number of rotatable bonds is 9. The van der Waals surface area contributed by atoms with Crippen molar-refractivity contribution in [2.24, 2.45) is 0 Å². The average molecular weight is 468 g/mol. The van der Waals surface area contributed by atoms with E-state index >= 15 is 0 Å². The number of nitrogens with one attached hydrogen (secondary N) is 2. The van der Waals surface area contributed by atoms with E-state index in [1.807, 2.05) is 91.0 Å². The molecular weight excluding hydrogens is 442 g/mol. The lowest BCUT2D eigenvalue weighted by Crippen LogP contribution is -2.30. The van der Waals surface area contributed by atoms with Crippen LogP contribution in [0.4, 0.5) is 5.69 Å². The Morgan fingerprint density at radius 3 is 1.43 bits per heavy atom. The Balaban J connectivity index is 1.38. The van der Waals surface area contributed by atoms with Gasteiger partial charge in [0.1, 0.15) is 11.6 Å². The van der Waals surface area contributed by atoms with Crippen molar-refractivity contribution in [1.82, 2.24) is 29.5 Å². The van der Waals surface area contributed by atoms with Crippen LogP contribution in [-0.2, 0) is 12.8 Å². The summed E-state index contributed by atoms with van der Waals surface area (Å²) in [5, 5.41) is 13.7. The number of hydrogen-bond acceptors (Lipinski definition) is 5. The third kappa shape index (κ3) is 4.84. The molecule has 0 atom stereocenters. The van der Waals surface area contributed by atoms with Crippen molar-refractivity contribution in [3.05, 3.63) is 124 Å². The van der Waals surface area contributed by atoms with Crippen LogP contribution < -0.4 is 16.3 Å². The van der Waals surface area contributed by atoms with E-state index in [2.05, 4.69) is 25.3 Å². The van der Waals surface area contributed by atoms with Gasteiger partial charge in [-0.25, -0.2) is 28.9 Å². The Morgan fingerprint density at radius 2 is 1.00 bits per heavy atom. The van der Waals surface area contributed by atoms with Gasteiger partial charge in [0.2, 0.25) is 0 Å². The summed E-state index contributed by atoms with van der Waals surface area (Å²) >= 11 is 0. The van der Waals surface area contributed by atoms with E-state index in [4.69, 9.17) is 0 Å². The van der Waals surface area contributed by atoms with E-state index in [-0.39, 0.29) is 11.4 Å². The van der Waals surface area contributed by atoms with Gasteiger partial charge in [0.25, 0.3) is 0 Å². The predicted molar refractivity (Wildman–Crippen MR) is 134 cm³/mol. The second kappa shape index (κ2) is 10.1. The lowest BCUT2D eigenvalue weighted by atomic mass is 10.2. The SMILES string of the molecule is O=c1[nH]nc(CCN(CCc2n[nH]c(=O)n2-c2ccccc2)c2ccccc2)n1-c1ccccc1. The van der Waals surface area contributed by atoms with Crippen LogP contribution in [0.25, 0.3) is 11.4 Å². The number of aromatic nitrogens is 6. The lowest BCUT2D eigenvalue weighted by molar-refractivity contribution is 0.711. The van der Waals surface area contributed by atoms with Gasteiger partial charge in [-0.15, -0.1) is 0 Å². The highest BCUT2D eigenvalue weighted by atomic mass is 16.2. The molecule has 3 aromatic carbocycles. The fourth-order valence-corrected chi connectivity index (χ4v) is 4.16. The zero-order valence-electron chi connectivity index (χ0n) is 19.0. The highest BCUT2D eigenvalue weighted by molar-refractivity contribution is 5.46. The summed E-state index contributed by atoms with van der Waals surface area (Å²) < 4.78 is 3.20. The molecule has 0 bridgehead atoms. The smallest absolute Gasteiger partial charge is 0.347 e. The molecule has 2 heterocycles. The molecule has 5 aromatic rings. The van der Waals surface area contributed by atoms with Crippen LogP contribution in [0.3, 0.4) is 0 Å². The number of nitrogens with zero attached hydrogens (tertiary/aromatic N) is 5. The molecule has 0 saturated heterocycles. The first kappa shape index (κ1) is 22.1. The summed E-state index contributed by atoms with van der Waals surface area (Å²) in [6.45, 7) is 1.25. The van der Waals surface area contributed by atoms with E-state index in [1.165, 1.54) is 0 Å². The van der Waals surface area contributed by atoms with Crippen LogP contribution >= 0.6 is 0 Å². The Labute approximate surface area is 201 Å². The maximum absolute atomic E-state index is 12.4. The molecule has 0 saturated carbocycles. The van der Waals surface area contributed by atoms with Crippen molar-refractivity contribution in [2.75, 3.05) is 18.0 Å². The number of H-pyrrole nitrogens is 2. The van der Waals surface area contributed by atoms with Crippen molar-refractivity contribution < 1.29 is 0 Å². The molecule has 5 rings (SSSR count). The summed E-state index contributed by atoms with van der Waals surface area (Å²) in [6, 6.07) is 29.0. The van der Waals surface area contributed by atoms with Crippen LogP contribution in [0, 0.1) is 0 Å². The molecule has 0 aliphatic carbocycles. The van der Waals surface area contributed by atoms with Gasteiger partial charge in [-0.2, -0.15) is 10.2 Å². The number of anilines is 1. The van der Waals surface area contributed by atoms with Crippen LogP contribution in [0.15, 0.2) is 101 Å². The topological polar surface area (TPSA) is 105 Å². The summed E-state index contributed by atoms with van der Waals surface area (Å²) in [6.07, 6.45) is 1.10. The first-order valence-electron chi connectivity index (χ1n) is 11.4. The van der Waals surface area contributed by atoms with E-state index in [0.29, 0.717) is 37.6 Å². The molecule has 0 radical (unpaired) electrons. The maximum atomic E-state index is 12.4. The molecule has 2 aromatic heterocycles. The number of aromatic amines is 2. The second-order valence-electron chi connectivity index (χ2n) is 8.05. The van der Waals surface area contributed by atoms with E-state index in [9.17, 15) is 9.59 Å². The molecule has 0 aliphatic rings. The van der Waals surface area contributed by atoms with Crippen molar-refractivity contribution in [1.29, 1.82) is 0 Å². The molecular formula is C26H25N7O2. The molecule has 176 valence electrons. The summed E-state index contributed by atoms with van der Waals surface area (Å²) in [5.41, 5.74) is 2.06. The Kier molecular flexibility index (Phi) is 6.38. The van der Waals surface area contributed by atoms with Gasteiger partial charge in [0.15, 0.2) is 0 Å². The van der Waals surface area contributed by atoms with Crippen molar-refractivity contribution in [2.45, 2.75) is 12.8 Å². The van der Waals surface area contributed by atoms with Gasteiger partial charge in [-0.05, 0) is 36.4 Å². The summed E-state index contributed by atoms with van der Waals surface area (Å²) in [7, 11) is 0. The molecule has 0 aliphatic heterocycles. The van der Waals surface area contributed by atoms with Gasteiger partial charge < -0.3 is 4.90 Å². The van der Waals surface area contributed by atoms with Crippen molar-refractivity contribution in [3.8, 4) is 11.4 Å². The van der Waals surface area contributed by atoms with Crippen molar-refractivity contribution >= 4 is 5.69 Å². The quantitative estimate of drug-likeness (QED) is 0.347. The lowest BCUT2D eigenvalue weighted by Gasteiger charge is -2.24. The molecule has 0 unspecified atom stereocenters. The number of hydrogen-bond donors (Lipinski definition) is 2. The van der Waals surface area contributed by atoms with Gasteiger partial charge in [0, 0.05) is 31.6 Å². The Bertz CT molecular complexity index is 1390. The minimum atomic E-state index is -0.263. The Morgan fingerprint density at radius 1 is 0.600 bits per heavy atom. The first-order valence-corrected chi connectivity index (χ1v) is 11.4. The van der Waals surface area contributed by atoms with Gasteiger partial charge in [-0.3, -0.25) is 0 Å². The fraction of sp³-hybridized carbons (Fsp3) is 0.154. The third-order valence-corrected chi connectivity index (χ3v) is 5.84. The zero-order chi connectivity index (χ0) is 24.0. The molecule has 9 nitrogen and oxygen atoms in total. The summed E-state index contributed by atoms with van der Waals surface area (Å²) in [5.74, 6) is 1.31. The number of benzene rings is 3. The van der Waals surface area contributed by atoms with Gasteiger partial charge in [0.05, 0.1) is 11.4 Å². The Hall–Kier alpha value is -4.66. The largest absolute Gasteiger partial charge is 0.371 e. The van der Waals surface area contributed by atoms with Crippen LogP contribution in [-0.4, -0.2) is 42.6 Å². The average Bonchev–Trinajstić information content (AvgIpc) is 3.47. The van der Waals surface area contributed by atoms with E-state index in [1.54, 1.807) is 9.13 Å². The minimum Gasteiger partial charge on any atom is -0.371 e. The third-order valence-electron chi connectivity index (χ3n) is 5.84. The van der Waals surface area contributed by atoms with Crippen LogP contribution in [0.5, 0.6) is 0 Å². The first-order chi connectivity index (χ1) is 17.2. The van der Waals surface area contributed by atoms with Crippen molar-refractivity contribution in [3.63, 3.8) is 0 Å². The normalized spacial score (nSPS) is 11.0. The van der Waals surface area contributed by atoms with E-state index in [0.717, 1.165) is 17.1 Å².